The lowest BCUT2D eigenvalue weighted by Crippen LogP contribution is -2.17. The maximum atomic E-state index is 2.69. The standard InChI is InChI=1S/C80H70N4/c1-5-19-55-47-77(83(71-31-17-23-53-21-13-15-29-61(53)71)59-35-43-75-69(49-59)67-45-51(3)33-41-73(67)81(75)57-25-9-7-10-26-57)65-40-38-64-56(20-6-2)48-78(66-39-37-63(55)79(65)80(64)66)84(72-32-18-24-54-22-14-16-30-62(54)72)60-36-44-76-70(50-60)68-46-52(4)34-42-74(68)82(76)58-27-11-8-12-28-58/h7-12,17-18,23-28,31-50H,5-6,13-16,19-22,29-30H2,1-4H3. The molecule has 0 N–H and O–H groups in total. The second kappa shape index (κ2) is 20.3. The number of aryl methyl sites for hydroxylation is 6. The van der Waals surface area contributed by atoms with Crippen molar-refractivity contribution in [1.82, 2.24) is 9.13 Å². The van der Waals surface area contributed by atoms with Gasteiger partial charge in [0.15, 0.2) is 0 Å². The Balaban J connectivity index is 0.989. The Morgan fingerprint density at radius 2 is 0.726 bits per heavy atom. The monoisotopic (exact) mass is 1090 g/mol. The number of benzene rings is 12. The molecule has 410 valence electrons. The number of hydrogen-bond acceptors (Lipinski definition) is 2. The van der Waals surface area contributed by atoms with Gasteiger partial charge in [-0.1, -0.05) is 135 Å². The molecule has 0 unspecified atom stereocenters. The highest BCUT2D eigenvalue weighted by Crippen LogP contribution is 2.53. The number of para-hydroxylation sites is 2. The molecule has 4 nitrogen and oxygen atoms in total. The van der Waals surface area contributed by atoms with Crippen LogP contribution < -0.4 is 9.80 Å². The topological polar surface area (TPSA) is 16.3 Å². The van der Waals surface area contributed by atoms with E-state index in [1.54, 1.807) is 0 Å². The van der Waals surface area contributed by atoms with Gasteiger partial charge in [0.25, 0.3) is 0 Å². The molecule has 0 atom stereocenters. The predicted molar refractivity (Wildman–Crippen MR) is 359 cm³/mol. The molecule has 0 fully saturated rings. The van der Waals surface area contributed by atoms with Crippen LogP contribution in [-0.2, 0) is 38.5 Å². The third kappa shape index (κ3) is 8.01. The van der Waals surface area contributed by atoms with E-state index < -0.39 is 0 Å². The second-order valence-corrected chi connectivity index (χ2v) is 24.4. The van der Waals surface area contributed by atoms with Crippen LogP contribution in [0.3, 0.4) is 0 Å². The first-order chi connectivity index (χ1) is 41.4. The molecule has 0 saturated heterocycles. The molecule has 2 aliphatic carbocycles. The minimum Gasteiger partial charge on any atom is -0.310 e. The average molecular weight is 1090 g/mol. The number of anilines is 6. The van der Waals surface area contributed by atoms with Crippen molar-refractivity contribution < 1.29 is 0 Å². The van der Waals surface area contributed by atoms with Crippen LogP contribution in [-0.4, -0.2) is 9.13 Å². The van der Waals surface area contributed by atoms with Gasteiger partial charge in [0.2, 0.25) is 0 Å². The summed E-state index contributed by atoms with van der Waals surface area (Å²) in [5.74, 6) is 0. The summed E-state index contributed by atoms with van der Waals surface area (Å²) < 4.78 is 4.92. The maximum Gasteiger partial charge on any atom is 0.0543 e. The highest BCUT2D eigenvalue weighted by atomic mass is 15.2. The number of rotatable bonds is 12. The van der Waals surface area contributed by atoms with Gasteiger partial charge in [-0.05, 0) is 242 Å². The fraction of sp³-hybridized carbons (Fsp3) is 0.200. The fourth-order valence-corrected chi connectivity index (χ4v) is 15.4. The lowest BCUT2D eigenvalue weighted by atomic mass is 9.85. The highest BCUT2D eigenvalue weighted by Gasteiger charge is 2.29. The summed E-state index contributed by atoms with van der Waals surface area (Å²) in [6.07, 6.45) is 13.3. The first kappa shape index (κ1) is 50.6. The van der Waals surface area contributed by atoms with Crippen molar-refractivity contribution in [2.75, 3.05) is 9.80 Å². The molecule has 0 aliphatic heterocycles. The van der Waals surface area contributed by atoms with E-state index in [1.165, 1.54) is 192 Å². The number of aromatic nitrogens is 2. The molecule has 12 aromatic carbocycles. The van der Waals surface area contributed by atoms with Crippen molar-refractivity contribution in [2.45, 2.75) is 105 Å². The number of fused-ring (bicyclic) bond motifs is 8. The third-order valence-electron chi connectivity index (χ3n) is 19.1. The Hall–Kier alpha value is -9.12. The summed E-state index contributed by atoms with van der Waals surface area (Å²) in [6.45, 7) is 9.17. The van der Waals surface area contributed by atoms with Crippen molar-refractivity contribution in [1.29, 1.82) is 0 Å². The van der Waals surface area contributed by atoms with Gasteiger partial charge in [-0.15, -0.1) is 0 Å². The maximum absolute atomic E-state index is 2.69. The average Bonchev–Trinajstić information content (AvgIpc) is 0.864. The molecule has 0 saturated carbocycles. The summed E-state index contributed by atoms with van der Waals surface area (Å²) >= 11 is 0. The quantitative estimate of drug-likeness (QED) is 0.113. The largest absolute Gasteiger partial charge is 0.310 e. The summed E-state index contributed by atoms with van der Waals surface area (Å²) in [4.78, 5) is 5.38. The van der Waals surface area contributed by atoms with Crippen LogP contribution in [0.15, 0.2) is 206 Å². The van der Waals surface area contributed by atoms with E-state index in [2.05, 4.69) is 253 Å². The van der Waals surface area contributed by atoms with Crippen LogP contribution in [0, 0.1) is 13.8 Å². The van der Waals surface area contributed by atoms with E-state index in [1.807, 2.05) is 0 Å². The van der Waals surface area contributed by atoms with Crippen molar-refractivity contribution in [3.63, 3.8) is 0 Å². The molecular weight excluding hydrogens is 1020 g/mol. The molecule has 4 heteroatoms. The minimum atomic E-state index is 0.984. The van der Waals surface area contributed by atoms with Gasteiger partial charge in [-0.3, -0.25) is 0 Å². The summed E-state index contributed by atoms with van der Waals surface area (Å²) in [5.41, 5.74) is 26.1. The summed E-state index contributed by atoms with van der Waals surface area (Å²) in [7, 11) is 0. The molecule has 0 spiro atoms. The van der Waals surface area contributed by atoms with Crippen molar-refractivity contribution in [3.8, 4) is 11.4 Å². The van der Waals surface area contributed by atoms with Gasteiger partial charge in [0.1, 0.15) is 0 Å². The molecular formula is C80H70N4. The smallest absolute Gasteiger partial charge is 0.0543 e. The first-order valence-electron chi connectivity index (χ1n) is 31.2. The number of nitrogens with zero attached hydrogens (tertiary/aromatic N) is 4. The lowest BCUT2D eigenvalue weighted by Gasteiger charge is -2.33. The van der Waals surface area contributed by atoms with Crippen LogP contribution >= 0.6 is 0 Å². The SMILES string of the molecule is CCCc1cc(N(c2ccc3c(c2)c2cc(C)ccc2n3-c2ccccc2)c2cccc3c2CCCC3)c2ccc3c(CCC)cc(N(c4ccc5c(c4)c4cc(C)ccc4n5-c4ccccc4)c4cccc5c4CCCC5)c4ccc1c2c34. The molecule has 0 amide bonds. The summed E-state index contributed by atoms with van der Waals surface area (Å²) in [5, 5.41) is 13.2. The predicted octanol–water partition coefficient (Wildman–Crippen LogP) is 22.0. The molecule has 14 aromatic rings. The first-order valence-corrected chi connectivity index (χ1v) is 31.2. The Kier molecular flexibility index (Phi) is 12.3. The van der Waals surface area contributed by atoms with E-state index in [0.29, 0.717) is 0 Å². The van der Waals surface area contributed by atoms with Gasteiger partial charge < -0.3 is 18.9 Å². The van der Waals surface area contributed by atoms with Gasteiger partial charge in [0.05, 0.1) is 33.4 Å². The molecule has 84 heavy (non-hydrogen) atoms. The van der Waals surface area contributed by atoms with Crippen LogP contribution in [0.5, 0.6) is 0 Å². The second-order valence-electron chi connectivity index (χ2n) is 24.4. The van der Waals surface area contributed by atoms with Crippen LogP contribution in [0.25, 0.3) is 87.3 Å². The van der Waals surface area contributed by atoms with Crippen molar-refractivity contribution in [3.05, 3.63) is 251 Å². The Labute approximate surface area is 493 Å². The van der Waals surface area contributed by atoms with Crippen LogP contribution in [0.4, 0.5) is 34.1 Å². The van der Waals surface area contributed by atoms with Crippen molar-refractivity contribution in [2.24, 2.45) is 0 Å². The zero-order valence-corrected chi connectivity index (χ0v) is 48.9. The van der Waals surface area contributed by atoms with E-state index in [4.69, 9.17) is 0 Å². The lowest BCUT2D eigenvalue weighted by molar-refractivity contribution is 0.686. The normalized spacial score (nSPS) is 13.5. The molecule has 0 radical (unpaired) electrons. The minimum absolute atomic E-state index is 0.984. The molecule has 2 aromatic heterocycles. The number of hydrogen-bond donors (Lipinski definition) is 0. The van der Waals surface area contributed by atoms with Crippen LogP contribution in [0.1, 0.15) is 96.9 Å². The van der Waals surface area contributed by atoms with E-state index in [-0.39, 0.29) is 0 Å². The van der Waals surface area contributed by atoms with Gasteiger partial charge in [-0.25, -0.2) is 0 Å². The highest BCUT2D eigenvalue weighted by molar-refractivity contribution is 6.29. The molecule has 2 heterocycles. The van der Waals surface area contributed by atoms with Crippen LogP contribution in [0.2, 0.25) is 0 Å². The Morgan fingerprint density at radius 1 is 0.333 bits per heavy atom. The molecule has 0 bridgehead atoms. The Morgan fingerprint density at radius 3 is 1.15 bits per heavy atom. The van der Waals surface area contributed by atoms with Gasteiger partial charge in [-0.2, -0.15) is 0 Å². The zero-order valence-electron chi connectivity index (χ0n) is 48.9. The molecule has 16 rings (SSSR count). The van der Waals surface area contributed by atoms with E-state index in [9.17, 15) is 0 Å². The van der Waals surface area contributed by atoms with Crippen molar-refractivity contribution >= 4 is 110 Å². The molecule has 2 aliphatic rings. The van der Waals surface area contributed by atoms with Gasteiger partial charge in [0, 0.05) is 66.4 Å². The summed E-state index contributed by atoms with van der Waals surface area (Å²) in [6, 6.07) is 79.9. The fourth-order valence-electron chi connectivity index (χ4n) is 15.4. The third-order valence-corrected chi connectivity index (χ3v) is 19.1. The van der Waals surface area contributed by atoms with E-state index >= 15 is 0 Å². The van der Waals surface area contributed by atoms with E-state index in [0.717, 1.165) is 51.4 Å². The Bertz CT molecular complexity index is 4590. The van der Waals surface area contributed by atoms with Gasteiger partial charge >= 0.3 is 0 Å². The zero-order chi connectivity index (χ0) is 56.2.